The van der Waals surface area contributed by atoms with E-state index in [2.05, 4.69) is 38.9 Å². The average molecular weight is 271 g/mol. The molecule has 1 aliphatic rings. The lowest BCUT2D eigenvalue weighted by Gasteiger charge is -2.28. The average Bonchev–Trinajstić information content (AvgIpc) is 3.07. The summed E-state index contributed by atoms with van der Waals surface area (Å²) >= 11 is 0. The highest BCUT2D eigenvalue weighted by Gasteiger charge is 2.31. The number of aromatic nitrogens is 4. The molecular formula is C15H21N5. The molecule has 1 saturated heterocycles. The Hall–Kier alpha value is -1.75. The molecule has 106 valence electrons. The Kier molecular flexibility index (Phi) is 3.53. The zero-order valence-electron chi connectivity index (χ0n) is 12.3. The Balaban J connectivity index is 2.02. The zero-order valence-corrected chi connectivity index (χ0v) is 12.3. The van der Waals surface area contributed by atoms with Gasteiger partial charge in [0.2, 0.25) is 0 Å². The molecule has 1 aliphatic heterocycles. The fraction of sp³-hybridized carbons (Fsp3) is 0.533. The predicted octanol–water partition coefficient (Wildman–Crippen LogP) is 2.72. The van der Waals surface area contributed by atoms with E-state index in [0.717, 1.165) is 35.7 Å². The largest absolute Gasteiger partial charge is 0.292 e. The van der Waals surface area contributed by atoms with E-state index in [1.807, 2.05) is 13.0 Å². The Bertz CT molecular complexity index is 589. The van der Waals surface area contributed by atoms with Gasteiger partial charge in [-0.05, 0) is 46.2 Å². The second-order valence-corrected chi connectivity index (χ2v) is 5.72. The van der Waals surface area contributed by atoms with Crippen molar-refractivity contribution in [2.24, 2.45) is 0 Å². The predicted molar refractivity (Wildman–Crippen MR) is 78.2 cm³/mol. The van der Waals surface area contributed by atoms with E-state index in [0.29, 0.717) is 12.1 Å². The topological polar surface area (TPSA) is 57.7 Å². The molecule has 1 N–H and O–H groups in total. The van der Waals surface area contributed by atoms with Gasteiger partial charge in [-0.2, -0.15) is 5.10 Å². The molecule has 3 rings (SSSR count). The first-order chi connectivity index (χ1) is 9.66. The van der Waals surface area contributed by atoms with Crippen LogP contribution in [0.15, 0.2) is 18.5 Å². The molecule has 0 saturated carbocycles. The maximum absolute atomic E-state index is 4.62. The number of hydrogen-bond donors (Lipinski definition) is 1. The van der Waals surface area contributed by atoms with E-state index < -0.39 is 0 Å². The lowest BCUT2D eigenvalue weighted by Crippen LogP contribution is -2.31. The van der Waals surface area contributed by atoms with E-state index >= 15 is 0 Å². The zero-order chi connectivity index (χ0) is 14.1. The standard InChI is InChI=1S/C15H21N5/c1-10(2)20-8-4-5-13(20)15-14(16-6-7-17-15)12-9-11(3)18-19-12/h6-7,9-10,13H,4-5,8H2,1-3H3,(H,18,19)/t13-/m0/s1. The second-order valence-electron chi connectivity index (χ2n) is 5.72. The first kappa shape index (κ1) is 13.2. The fourth-order valence-corrected chi connectivity index (χ4v) is 3.03. The molecule has 1 fully saturated rings. The van der Waals surface area contributed by atoms with Crippen molar-refractivity contribution in [1.29, 1.82) is 0 Å². The number of nitrogens with zero attached hydrogens (tertiary/aromatic N) is 4. The summed E-state index contributed by atoms with van der Waals surface area (Å²) in [7, 11) is 0. The number of H-pyrrole nitrogens is 1. The van der Waals surface area contributed by atoms with Crippen molar-refractivity contribution in [2.45, 2.75) is 45.7 Å². The first-order valence-electron chi connectivity index (χ1n) is 7.26. The summed E-state index contributed by atoms with van der Waals surface area (Å²) < 4.78 is 0. The van der Waals surface area contributed by atoms with Crippen molar-refractivity contribution in [3.05, 3.63) is 29.8 Å². The van der Waals surface area contributed by atoms with Gasteiger partial charge >= 0.3 is 0 Å². The van der Waals surface area contributed by atoms with Crippen LogP contribution in [0.4, 0.5) is 0 Å². The van der Waals surface area contributed by atoms with Gasteiger partial charge in [-0.25, -0.2) is 0 Å². The van der Waals surface area contributed by atoms with E-state index in [1.54, 1.807) is 12.4 Å². The minimum atomic E-state index is 0.357. The number of likely N-dealkylation sites (tertiary alicyclic amines) is 1. The molecular weight excluding hydrogens is 250 g/mol. The van der Waals surface area contributed by atoms with Crippen molar-refractivity contribution in [3.8, 4) is 11.4 Å². The third-order valence-electron chi connectivity index (χ3n) is 3.95. The van der Waals surface area contributed by atoms with Crippen LogP contribution in [0.1, 0.15) is 44.1 Å². The molecule has 3 heterocycles. The molecule has 5 nitrogen and oxygen atoms in total. The normalized spacial score (nSPS) is 19.9. The number of nitrogens with one attached hydrogen (secondary N) is 1. The van der Waals surface area contributed by atoms with Gasteiger partial charge in [0, 0.05) is 24.1 Å². The molecule has 0 aromatic carbocycles. The van der Waals surface area contributed by atoms with Crippen LogP contribution in [0.25, 0.3) is 11.4 Å². The quantitative estimate of drug-likeness (QED) is 0.932. The molecule has 0 radical (unpaired) electrons. The summed E-state index contributed by atoms with van der Waals surface area (Å²) in [6, 6.07) is 2.91. The summed E-state index contributed by atoms with van der Waals surface area (Å²) in [6.07, 6.45) is 5.90. The van der Waals surface area contributed by atoms with Crippen LogP contribution in [0.2, 0.25) is 0 Å². The van der Waals surface area contributed by atoms with Crippen molar-refractivity contribution >= 4 is 0 Å². The number of rotatable bonds is 3. The van der Waals surface area contributed by atoms with Gasteiger partial charge in [0.15, 0.2) is 0 Å². The second kappa shape index (κ2) is 5.32. The summed E-state index contributed by atoms with van der Waals surface area (Å²) in [5.74, 6) is 0. The van der Waals surface area contributed by atoms with Crippen LogP contribution in [0.5, 0.6) is 0 Å². The van der Waals surface area contributed by atoms with Crippen molar-refractivity contribution in [3.63, 3.8) is 0 Å². The number of aromatic amines is 1. The maximum atomic E-state index is 4.62. The molecule has 0 unspecified atom stereocenters. The highest BCUT2D eigenvalue weighted by Crippen LogP contribution is 2.36. The molecule has 0 spiro atoms. The number of hydrogen-bond acceptors (Lipinski definition) is 4. The monoisotopic (exact) mass is 271 g/mol. The molecule has 0 aliphatic carbocycles. The number of aryl methyl sites for hydroxylation is 1. The lowest BCUT2D eigenvalue weighted by molar-refractivity contribution is 0.202. The van der Waals surface area contributed by atoms with Gasteiger partial charge in [0.25, 0.3) is 0 Å². The molecule has 0 amide bonds. The van der Waals surface area contributed by atoms with Crippen molar-refractivity contribution in [2.75, 3.05) is 6.54 Å². The SMILES string of the molecule is Cc1cc(-c2nccnc2[C@@H]2CCCN2C(C)C)n[nH]1. The van der Waals surface area contributed by atoms with E-state index in [-0.39, 0.29) is 0 Å². The summed E-state index contributed by atoms with van der Waals surface area (Å²) in [6.45, 7) is 7.63. The molecule has 2 aromatic rings. The van der Waals surface area contributed by atoms with Crippen LogP contribution in [-0.2, 0) is 0 Å². The minimum Gasteiger partial charge on any atom is -0.292 e. The van der Waals surface area contributed by atoms with E-state index in [1.165, 1.54) is 6.42 Å². The fourth-order valence-electron chi connectivity index (χ4n) is 3.03. The molecule has 5 heteroatoms. The summed E-state index contributed by atoms with van der Waals surface area (Å²) in [5.41, 5.74) is 3.91. The highest BCUT2D eigenvalue weighted by molar-refractivity contribution is 5.57. The van der Waals surface area contributed by atoms with Gasteiger partial charge in [0.1, 0.15) is 11.4 Å². The Morgan fingerprint density at radius 3 is 2.80 bits per heavy atom. The van der Waals surface area contributed by atoms with Crippen molar-refractivity contribution in [1.82, 2.24) is 25.1 Å². The third kappa shape index (κ3) is 2.33. The molecule has 1 atom stereocenters. The maximum Gasteiger partial charge on any atom is 0.114 e. The Morgan fingerprint density at radius 2 is 2.10 bits per heavy atom. The van der Waals surface area contributed by atoms with Crippen LogP contribution in [0.3, 0.4) is 0 Å². The minimum absolute atomic E-state index is 0.357. The van der Waals surface area contributed by atoms with Crippen molar-refractivity contribution < 1.29 is 0 Å². The smallest absolute Gasteiger partial charge is 0.114 e. The highest BCUT2D eigenvalue weighted by atomic mass is 15.2. The molecule has 0 bridgehead atoms. The summed E-state index contributed by atoms with van der Waals surface area (Å²) in [5, 5.41) is 7.33. The lowest BCUT2D eigenvalue weighted by atomic mass is 10.1. The van der Waals surface area contributed by atoms with Crippen LogP contribution in [-0.4, -0.2) is 37.7 Å². The molecule has 2 aromatic heterocycles. The summed E-state index contributed by atoms with van der Waals surface area (Å²) in [4.78, 5) is 11.7. The van der Waals surface area contributed by atoms with Gasteiger partial charge in [-0.1, -0.05) is 0 Å². The van der Waals surface area contributed by atoms with E-state index in [9.17, 15) is 0 Å². The Morgan fingerprint density at radius 1 is 1.30 bits per heavy atom. The van der Waals surface area contributed by atoms with Gasteiger partial charge in [-0.3, -0.25) is 20.0 Å². The van der Waals surface area contributed by atoms with Crippen LogP contribution in [0, 0.1) is 6.92 Å². The van der Waals surface area contributed by atoms with Crippen LogP contribution >= 0.6 is 0 Å². The van der Waals surface area contributed by atoms with Gasteiger partial charge < -0.3 is 0 Å². The third-order valence-corrected chi connectivity index (χ3v) is 3.95. The van der Waals surface area contributed by atoms with Gasteiger partial charge in [0.05, 0.1) is 11.7 Å². The first-order valence-corrected chi connectivity index (χ1v) is 7.26. The van der Waals surface area contributed by atoms with E-state index in [4.69, 9.17) is 0 Å². The van der Waals surface area contributed by atoms with Crippen LogP contribution < -0.4 is 0 Å². The molecule has 20 heavy (non-hydrogen) atoms. The Labute approximate surface area is 119 Å². The van der Waals surface area contributed by atoms with Gasteiger partial charge in [-0.15, -0.1) is 0 Å².